The van der Waals surface area contributed by atoms with Gasteiger partial charge in [-0.3, -0.25) is 9.59 Å². The van der Waals surface area contributed by atoms with Gasteiger partial charge in [-0.15, -0.1) is 0 Å². The van der Waals surface area contributed by atoms with E-state index in [0.29, 0.717) is 12.8 Å². The lowest BCUT2D eigenvalue weighted by molar-refractivity contribution is -0.153. The lowest BCUT2D eigenvalue weighted by Gasteiger charge is -2.28. The number of carboxylic acid groups (broad SMARTS) is 1. The molecule has 0 aromatic heterocycles. The fourth-order valence-corrected chi connectivity index (χ4v) is 3.46. The van der Waals surface area contributed by atoms with E-state index < -0.39 is 11.4 Å². The minimum Gasteiger partial charge on any atom is -0.481 e. The summed E-state index contributed by atoms with van der Waals surface area (Å²) < 4.78 is 0. The van der Waals surface area contributed by atoms with E-state index in [1.807, 2.05) is 13.2 Å². The Morgan fingerprint density at radius 1 is 1.25 bits per heavy atom. The summed E-state index contributed by atoms with van der Waals surface area (Å²) in [5.74, 6) is 0.0973. The predicted octanol–water partition coefficient (Wildman–Crippen LogP) is 3.06. The maximum atomic E-state index is 12.1. The Morgan fingerprint density at radius 2 is 1.85 bits per heavy atom. The molecule has 0 bridgehead atoms. The van der Waals surface area contributed by atoms with Crippen LogP contribution in [0.25, 0.3) is 0 Å². The van der Waals surface area contributed by atoms with Gasteiger partial charge in [0.05, 0.1) is 5.41 Å². The van der Waals surface area contributed by atoms with Gasteiger partial charge in [0.1, 0.15) is 0 Å². The first-order valence-corrected chi connectivity index (χ1v) is 8.91. The van der Waals surface area contributed by atoms with Crippen LogP contribution in [-0.2, 0) is 9.59 Å². The summed E-state index contributed by atoms with van der Waals surface area (Å²) in [5, 5.41) is 12.5. The highest BCUT2D eigenvalue weighted by molar-refractivity contribution is 7.98. The van der Waals surface area contributed by atoms with Crippen molar-refractivity contribution >= 4 is 23.6 Å². The molecule has 116 valence electrons. The monoisotopic (exact) mass is 301 g/mol. The van der Waals surface area contributed by atoms with Gasteiger partial charge < -0.3 is 10.4 Å². The summed E-state index contributed by atoms with van der Waals surface area (Å²) in [6, 6.07) is 0.117. The van der Waals surface area contributed by atoms with Crippen molar-refractivity contribution < 1.29 is 14.7 Å². The lowest BCUT2D eigenvalue weighted by atomic mass is 9.77. The van der Waals surface area contributed by atoms with Gasteiger partial charge in [-0.2, -0.15) is 11.8 Å². The molecule has 0 saturated heterocycles. The number of aliphatic carboxylic acids is 1. The van der Waals surface area contributed by atoms with Gasteiger partial charge in [0.15, 0.2) is 0 Å². The van der Waals surface area contributed by atoms with Crippen molar-refractivity contribution in [1.82, 2.24) is 5.32 Å². The molecule has 1 amide bonds. The quantitative estimate of drug-likeness (QED) is 0.709. The molecule has 0 aliphatic heterocycles. The van der Waals surface area contributed by atoms with Crippen LogP contribution >= 0.6 is 11.8 Å². The van der Waals surface area contributed by atoms with Crippen LogP contribution < -0.4 is 5.32 Å². The fourth-order valence-electron chi connectivity index (χ4n) is 2.87. The second kappa shape index (κ2) is 8.55. The minimum absolute atomic E-state index is 0.108. The van der Waals surface area contributed by atoms with Crippen molar-refractivity contribution in [3.8, 4) is 0 Å². The number of rotatable bonds is 7. The van der Waals surface area contributed by atoms with Crippen molar-refractivity contribution in [2.24, 2.45) is 5.41 Å². The largest absolute Gasteiger partial charge is 0.481 e. The molecule has 0 radical (unpaired) electrons. The Hall–Kier alpha value is -0.710. The highest BCUT2D eigenvalue weighted by Gasteiger charge is 2.40. The molecule has 5 heteroatoms. The Bertz CT molecular complexity index is 325. The maximum Gasteiger partial charge on any atom is 0.310 e. The van der Waals surface area contributed by atoms with Crippen LogP contribution in [0.15, 0.2) is 0 Å². The fraction of sp³-hybridized carbons (Fsp3) is 0.867. The molecule has 1 saturated carbocycles. The lowest BCUT2D eigenvalue weighted by Crippen LogP contribution is -2.40. The Balaban J connectivity index is 2.56. The van der Waals surface area contributed by atoms with Gasteiger partial charge in [-0.1, -0.05) is 25.7 Å². The van der Waals surface area contributed by atoms with Crippen molar-refractivity contribution in [2.75, 3.05) is 12.0 Å². The summed E-state index contributed by atoms with van der Waals surface area (Å²) in [7, 11) is 0. The minimum atomic E-state index is -0.834. The molecule has 1 fully saturated rings. The molecular weight excluding hydrogens is 274 g/mol. The van der Waals surface area contributed by atoms with E-state index in [9.17, 15) is 14.7 Å². The van der Waals surface area contributed by atoms with Crippen LogP contribution in [0.5, 0.6) is 0 Å². The van der Waals surface area contributed by atoms with Gasteiger partial charge in [0.2, 0.25) is 5.91 Å². The topological polar surface area (TPSA) is 66.4 Å². The number of carbonyl (C=O) groups excluding carboxylic acids is 1. The number of amides is 1. The molecule has 0 spiro atoms. The molecule has 1 atom stereocenters. The van der Waals surface area contributed by atoms with Crippen LogP contribution in [0.2, 0.25) is 0 Å². The number of nitrogens with one attached hydrogen (secondary N) is 1. The van der Waals surface area contributed by atoms with E-state index in [4.69, 9.17) is 0 Å². The standard InChI is InChI=1S/C15H27NO3S/c1-12(7-10-20-2)16-13(17)11-15(14(18)19)8-5-3-4-6-9-15/h12H,3-11H2,1-2H3,(H,16,17)(H,18,19). The number of hydrogen-bond acceptors (Lipinski definition) is 3. The molecule has 20 heavy (non-hydrogen) atoms. The zero-order chi connectivity index (χ0) is 15.0. The summed E-state index contributed by atoms with van der Waals surface area (Å²) in [4.78, 5) is 23.8. The highest BCUT2D eigenvalue weighted by atomic mass is 32.2. The van der Waals surface area contributed by atoms with E-state index in [2.05, 4.69) is 5.32 Å². The van der Waals surface area contributed by atoms with E-state index >= 15 is 0 Å². The van der Waals surface area contributed by atoms with E-state index in [1.165, 1.54) is 0 Å². The second-order valence-electron chi connectivity index (χ2n) is 5.93. The van der Waals surface area contributed by atoms with Gasteiger partial charge in [0, 0.05) is 12.5 Å². The normalized spacial score (nSPS) is 19.9. The maximum absolute atomic E-state index is 12.1. The molecular formula is C15H27NO3S. The second-order valence-corrected chi connectivity index (χ2v) is 6.91. The third kappa shape index (κ3) is 5.35. The zero-order valence-electron chi connectivity index (χ0n) is 12.6. The first-order chi connectivity index (χ1) is 9.50. The van der Waals surface area contributed by atoms with Crippen LogP contribution in [0.4, 0.5) is 0 Å². The molecule has 0 aromatic carbocycles. The van der Waals surface area contributed by atoms with Gasteiger partial charge in [-0.05, 0) is 38.2 Å². The summed E-state index contributed by atoms with van der Waals surface area (Å²) in [5.41, 5.74) is -0.834. The summed E-state index contributed by atoms with van der Waals surface area (Å²) in [6.45, 7) is 1.98. The molecule has 1 unspecified atom stereocenters. The van der Waals surface area contributed by atoms with E-state index in [-0.39, 0.29) is 18.4 Å². The van der Waals surface area contributed by atoms with Gasteiger partial charge in [-0.25, -0.2) is 0 Å². The third-order valence-electron chi connectivity index (χ3n) is 4.18. The van der Waals surface area contributed by atoms with Crippen molar-refractivity contribution in [3.05, 3.63) is 0 Å². The van der Waals surface area contributed by atoms with Crippen molar-refractivity contribution in [3.63, 3.8) is 0 Å². The Labute approximate surface area is 126 Å². The third-order valence-corrected chi connectivity index (χ3v) is 4.82. The number of hydrogen-bond donors (Lipinski definition) is 2. The Morgan fingerprint density at radius 3 is 2.35 bits per heavy atom. The highest BCUT2D eigenvalue weighted by Crippen LogP contribution is 2.38. The Kier molecular flexibility index (Phi) is 7.41. The summed E-state index contributed by atoms with van der Waals surface area (Å²) in [6.07, 6.45) is 8.37. The first-order valence-electron chi connectivity index (χ1n) is 7.52. The van der Waals surface area contributed by atoms with Gasteiger partial charge in [0.25, 0.3) is 0 Å². The average Bonchev–Trinajstić information content (AvgIpc) is 2.62. The van der Waals surface area contributed by atoms with Crippen LogP contribution in [0.1, 0.15) is 58.3 Å². The molecule has 2 N–H and O–H groups in total. The summed E-state index contributed by atoms with van der Waals surface area (Å²) >= 11 is 1.75. The van der Waals surface area contributed by atoms with Crippen LogP contribution in [0.3, 0.4) is 0 Å². The zero-order valence-corrected chi connectivity index (χ0v) is 13.4. The molecule has 0 heterocycles. The SMILES string of the molecule is CSCCC(C)NC(=O)CC1(C(=O)O)CCCCCC1. The molecule has 1 aliphatic rings. The number of carboxylic acids is 1. The van der Waals surface area contributed by atoms with Crippen LogP contribution in [-0.4, -0.2) is 35.0 Å². The molecule has 0 aromatic rings. The molecule has 1 aliphatic carbocycles. The predicted molar refractivity (Wildman–Crippen MR) is 83.0 cm³/mol. The molecule has 4 nitrogen and oxygen atoms in total. The smallest absolute Gasteiger partial charge is 0.310 e. The van der Waals surface area contributed by atoms with E-state index in [1.54, 1.807) is 11.8 Å². The first kappa shape index (κ1) is 17.3. The number of carbonyl (C=O) groups is 2. The van der Waals surface area contributed by atoms with Crippen molar-refractivity contribution in [1.29, 1.82) is 0 Å². The van der Waals surface area contributed by atoms with Crippen molar-refractivity contribution in [2.45, 2.75) is 64.3 Å². The van der Waals surface area contributed by atoms with E-state index in [0.717, 1.165) is 37.9 Å². The number of thioether (sulfide) groups is 1. The van der Waals surface area contributed by atoms with Gasteiger partial charge >= 0.3 is 5.97 Å². The average molecular weight is 301 g/mol. The van der Waals surface area contributed by atoms with Crippen LogP contribution in [0, 0.1) is 5.41 Å². The molecule has 1 rings (SSSR count).